The van der Waals surface area contributed by atoms with Crippen molar-refractivity contribution < 1.29 is 4.79 Å². The first-order valence-electron chi connectivity index (χ1n) is 8.86. The van der Waals surface area contributed by atoms with Gasteiger partial charge in [-0.15, -0.1) is 16.8 Å². The molecule has 0 unspecified atom stereocenters. The van der Waals surface area contributed by atoms with Crippen LogP contribution in [0.25, 0.3) is 0 Å². The van der Waals surface area contributed by atoms with E-state index in [1.165, 1.54) is 0 Å². The average Bonchev–Trinajstić information content (AvgIpc) is 3.11. The summed E-state index contributed by atoms with van der Waals surface area (Å²) in [6.45, 7) is 6.27. The van der Waals surface area contributed by atoms with E-state index in [1.807, 2.05) is 54.0 Å². The Kier molecular flexibility index (Phi) is 6.90. The molecule has 1 aromatic heterocycles. The van der Waals surface area contributed by atoms with Crippen LogP contribution in [0, 0.1) is 0 Å². The zero-order valence-electron chi connectivity index (χ0n) is 15.5. The van der Waals surface area contributed by atoms with Crippen molar-refractivity contribution in [2.75, 3.05) is 0 Å². The number of amides is 1. The van der Waals surface area contributed by atoms with Gasteiger partial charge in [0.25, 0.3) is 5.91 Å². The third-order valence-corrected chi connectivity index (χ3v) is 5.53. The summed E-state index contributed by atoms with van der Waals surface area (Å²) in [6.07, 6.45) is 1.79. The van der Waals surface area contributed by atoms with Crippen molar-refractivity contribution >= 4 is 29.3 Å². The second-order valence-electron chi connectivity index (χ2n) is 6.18. The lowest BCUT2D eigenvalue weighted by molar-refractivity contribution is 0.0937. The lowest BCUT2D eigenvalue weighted by Crippen LogP contribution is -2.28. The number of nitrogens with one attached hydrogen (secondary N) is 1. The monoisotopic (exact) mass is 412 g/mol. The second-order valence-corrected chi connectivity index (χ2v) is 7.53. The maximum Gasteiger partial charge on any atom is 0.251 e. The minimum Gasteiger partial charge on any atom is -0.342 e. The molecule has 1 heterocycles. The van der Waals surface area contributed by atoms with Crippen LogP contribution in [0.5, 0.6) is 0 Å². The van der Waals surface area contributed by atoms with Crippen molar-refractivity contribution in [2.24, 2.45) is 0 Å². The first-order valence-corrected chi connectivity index (χ1v) is 10.2. The summed E-state index contributed by atoms with van der Waals surface area (Å²) < 4.78 is 1.96. The molecule has 7 heteroatoms. The molecule has 5 nitrogen and oxygen atoms in total. The maximum atomic E-state index is 12.4. The van der Waals surface area contributed by atoms with Crippen LogP contribution in [-0.4, -0.2) is 20.7 Å². The molecule has 3 rings (SSSR count). The molecule has 0 aliphatic heterocycles. The first kappa shape index (κ1) is 20.2. The van der Waals surface area contributed by atoms with E-state index in [2.05, 4.69) is 22.1 Å². The fraction of sp³-hybridized carbons (Fsp3) is 0.190. The zero-order chi connectivity index (χ0) is 19.9. The molecule has 0 fully saturated rings. The van der Waals surface area contributed by atoms with E-state index in [1.54, 1.807) is 30.0 Å². The molecule has 0 saturated heterocycles. The summed E-state index contributed by atoms with van der Waals surface area (Å²) >= 11 is 7.79. The Labute approximate surface area is 173 Å². The van der Waals surface area contributed by atoms with E-state index >= 15 is 0 Å². The number of carbonyl (C=O) groups is 1. The quantitative estimate of drug-likeness (QED) is 0.422. The average molecular weight is 413 g/mol. The molecule has 0 radical (unpaired) electrons. The fourth-order valence-corrected chi connectivity index (χ4v) is 3.96. The van der Waals surface area contributed by atoms with Crippen molar-refractivity contribution in [3.05, 3.63) is 89.2 Å². The number of hydrogen-bond donors (Lipinski definition) is 1. The van der Waals surface area contributed by atoms with Crippen molar-refractivity contribution in [1.29, 1.82) is 0 Å². The highest BCUT2D eigenvalue weighted by Gasteiger charge is 2.20. The van der Waals surface area contributed by atoms with Crippen LogP contribution in [0.1, 0.15) is 34.7 Å². The van der Waals surface area contributed by atoms with Gasteiger partial charge in [0.1, 0.15) is 0 Å². The number of allylic oxidation sites excluding steroid dienone is 1. The van der Waals surface area contributed by atoms with Gasteiger partial charge in [-0.05, 0) is 30.7 Å². The van der Waals surface area contributed by atoms with Crippen LogP contribution in [-0.2, 0) is 12.3 Å². The highest BCUT2D eigenvalue weighted by molar-refractivity contribution is 7.98. The minimum absolute atomic E-state index is 0.147. The number of aromatic nitrogens is 3. The lowest BCUT2D eigenvalue weighted by Gasteiger charge is -2.15. The van der Waals surface area contributed by atoms with E-state index in [0.29, 0.717) is 23.7 Å². The van der Waals surface area contributed by atoms with Crippen molar-refractivity contribution in [1.82, 2.24) is 20.1 Å². The predicted molar refractivity (Wildman–Crippen MR) is 114 cm³/mol. The summed E-state index contributed by atoms with van der Waals surface area (Å²) in [4.78, 5) is 12.4. The van der Waals surface area contributed by atoms with Gasteiger partial charge in [0.15, 0.2) is 11.0 Å². The number of nitrogens with zero attached hydrogens (tertiary/aromatic N) is 3. The van der Waals surface area contributed by atoms with Gasteiger partial charge in [-0.2, -0.15) is 0 Å². The van der Waals surface area contributed by atoms with E-state index in [-0.39, 0.29) is 11.9 Å². The van der Waals surface area contributed by atoms with Gasteiger partial charge in [0.05, 0.1) is 6.04 Å². The molecule has 0 saturated carbocycles. The predicted octanol–water partition coefficient (Wildman–Crippen LogP) is 4.90. The number of carbonyl (C=O) groups excluding carboxylic acids is 1. The second kappa shape index (κ2) is 9.57. The zero-order valence-corrected chi connectivity index (χ0v) is 17.1. The normalized spacial score (nSPS) is 11.8. The van der Waals surface area contributed by atoms with Crippen LogP contribution in [0.15, 0.2) is 72.4 Å². The minimum atomic E-state index is -0.296. The highest BCUT2D eigenvalue weighted by Crippen LogP contribution is 2.27. The maximum absolute atomic E-state index is 12.4. The molecule has 0 bridgehead atoms. The molecule has 144 valence electrons. The van der Waals surface area contributed by atoms with Gasteiger partial charge in [0.2, 0.25) is 0 Å². The van der Waals surface area contributed by atoms with Gasteiger partial charge < -0.3 is 9.88 Å². The smallest absolute Gasteiger partial charge is 0.251 e. The Bertz CT molecular complexity index is 958. The van der Waals surface area contributed by atoms with Crippen LogP contribution in [0.3, 0.4) is 0 Å². The van der Waals surface area contributed by atoms with E-state index in [0.717, 1.165) is 15.7 Å². The molecule has 1 amide bonds. The first-order chi connectivity index (χ1) is 13.6. The van der Waals surface area contributed by atoms with Crippen molar-refractivity contribution in [3.8, 4) is 0 Å². The molecule has 0 aliphatic carbocycles. The van der Waals surface area contributed by atoms with Gasteiger partial charge >= 0.3 is 0 Å². The summed E-state index contributed by atoms with van der Waals surface area (Å²) in [5.41, 5.74) is 1.65. The van der Waals surface area contributed by atoms with Crippen LogP contribution in [0.4, 0.5) is 0 Å². The van der Waals surface area contributed by atoms with Crippen LogP contribution < -0.4 is 5.32 Å². The Morgan fingerprint density at radius 1 is 1.21 bits per heavy atom. The largest absolute Gasteiger partial charge is 0.342 e. The molecule has 0 spiro atoms. The Balaban J connectivity index is 1.75. The van der Waals surface area contributed by atoms with Crippen molar-refractivity contribution in [2.45, 2.75) is 30.4 Å². The Morgan fingerprint density at radius 2 is 1.93 bits per heavy atom. The number of thioether (sulfide) groups is 1. The lowest BCUT2D eigenvalue weighted by atomic mass is 10.2. The number of halogens is 1. The highest BCUT2D eigenvalue weighted by atomic mass is 35.5. The Morgan fingerprint density at radius 3 is 2.64 bits per heavy atom. The van der Waals surface area contributed by atoms with Gasteiger partial charge in [0, 0.05) is 22.9 Å². The van der Waals surface area contributed by atoms with Gasteiger partial charge in [-0.3, -0.25) is 4.79 Å². The third kappa shape index (κ3) is 4.82. The van der Waals surface area contributed by atoms with Crippen LogP contribution in [0.2, 0.25) is 5.02 Å². The summed E-state index contributed by atoms with van der Waals surface area (Å²) in [5, 5.41) is 13.1. The summed E-state index contributed by atoms with van der Waals surface area (Å²) in [7, 11) is 0. The number of benzene rings is 2. The fourth-order valence-electron chi connectivity index (χ4n) is 2.72. The molecular formula is C21H21ClN4OS. The molecule has 1 atom stereocenters. The molecule has 0 aliphatic rings. The third-order valence-electron chi connectivity index (χ3n) is 4.14. The summed E-state index contributed by atoms with van der Waals surface area (Å²) in [6, 6.07) is 16.5. The molecule has 2 aromatic carbocycles. The van der Waals surface area contributed by atoms with Crippen LogP contribution >= 0.6 is 23.4 Å². The van der Waals surface area contributed by atoms with E-state index < -0.39 is 0 Å². The van der Waals surface area contributed by atoms with Crippen molar-refractivity contribution in [3.63, 3.8) is 0 Å². The molecule has 3 aromatic rings. The van der Waals surface area contributed by atoms with Gasteiger partial charge in [-0.1, -0.05) is 65.8 Å². The number of rotatable bonds is 8. The number of hydrogen-bond acceptors (Lipinski definition) is 4. The summed E-state index contributed by atoms with van der Waals surface area (Å²) in [5.74, 6) is 1.22. The topological polar surface area (TPSA) is 59.8 Å². The molecule has 1 N–H and O–H groups in total. The van der Waals surface area contributed by atoms with Gasteiger partial charge in [-0.25, -0.2) is 0 Å². The van der Waals surface area contributed by atoms with E-state index in [9.17, 15) is 4.79 Å². The van der Waals surface area contributed by atoms with E-state index in [4.69, 9.17) is 11.6 Å². The molecule has 28 heavy (non-hydrogen) atoms. The molecular weight excluding hydrogens is 392 g/mol. The Hall–Kier alpha value is -2.57. The standard InChI is InChI=1S/C21H21ClN4OS/c1-3-13-26-19(15(2)23-20(27)16-9-5-4-6-10-16)24-25-21(26)28-14-17-11-7-8-12-18(17)22/h3-12,15H,1,13-14H2,2H3,(H,23,27)/t15-/m0/s1. The SMILES string of the molecule is C=CCn1c(SCc2ccccc2Cl)nnc1[C@H](C)NC(=O)c1ccccc1.